The molecule has 1 fully saturated rings. The molecule has 0 saturated carbocycles. The first-order valence-corrected chi connectivity index (χ1v) is 12.6. The molecule has 1 heterocycles. The summed E-state index contributed by atoms with van der Waals surface area (Å²) in [7, 11) is 0. The monoisotopic (exact) mass is 491 g/mol. The Morgan fingerprint density at radius 2 is 1.83 bits per heavy atom. The maximum Gasteiger partial charge on any atom is 0.314 e. The Bertz CT molecular complexity index is 1130. The van der Waals surface area contributed by atoms with Crippen LogP contribution >= 0.6 is 0 Å². The fourth-order valence-corrected chi connectivity index (χ4v) is 5.63. The lowest BCUT2D eigenvalue weighted by molar-refractivity contribution is -0.871. The summed E-state index contributed by atoms with van der Waals surface area (Å²) in [4.78, 5) is 36.5. The van der Waals surface area contributed by atoms with Crippen LogP contribution in [0.1, 0.15) is 63.5 Å². The van der Waals surface area contributed by atoms with Crippen molar-refractivity contribution in [1.29, 1.82) is 5.26 Å². The molecule has 3 rings (SSSR count). The second-order valence-electron chi connectivity index (χ2n) is 10.1. The van der Waals surface area contributed by atoms with Crippen molar-refractivity contribution >= 4 is 17.5 Å². The van der Waals surface area contributed by atoms with E-state index in [1.165, 1.54) is 12.1 Å². The molecule has 2 aromatic carbocycles. The fraction of sp³-hybridized carbons (Fsp3) is 0.464. The highest BCUT2D eigenvalue weighted by atomic mass is 16.6. The highest BCUT2D eigenvalue weighted by Gasteiger charge is 2.50. The summed E-state index contributed by atoms with van der Waals surface area (Å²) in [6, 6.07) is 17.9. The molecule has 36 heavy (non-hydrogen) atoms. The third-order valence-corrected chi connectivity index (χ3v) is 7.75. The van der Waals surface area contributed by atoms with Gasteiger partial charge in [0.05, 0.1) is 29.4 Å². The topological polar surface area (TPSA) is 127 Å². The highest BCUT2D eigenvalue weighted by Crippen LogP contribution is 2.38. The van der Waals surface area contributed by atoms with Crippen molar-refractivity contribution in [3.05, 3.63) is 75.8 Å². The third kappa shape index (κ3) is 5.47. The van der Waals surface area contributed by atoms with Crippen LogP contribution in [-0.2, 0) is 21.5 Å². The van der Waals surface area contributed by atoms with Gasteiger partial charge in [0.1, 0.15) is 6.54 Å². The van der Waals surface area contributed by atoms with E-state index in [4.69, 9.17) is 5.73 Å². The average Bonchev–Trinajstić information content (AvgIpc) is 3.30. The third-order valence-electron chi connectivity index (χ3n) is 7.75. The van der Waals surface area contributed by atoms with Crippen molar-refractivity contribution in [3.63, 3.8) is 0 Å². The van der Waals surface area contributed by atoms with Crippen LogP contribution in [0.3, 0.4) is 0 Å². The van der Waals surface area contributed by atoms with E-state index in [1.807, 2.05) is 44.2 Å². The SMILES string of the molecule is CC(C)[C@@](C#N)(CCCCC(=O)[N@@+]1(Cc2ccc([N+](=O)[O-])cc2)CCCC1C(N)=O)c1ccccc1. The molecular formula is C28H35N4O4+. The van der Waals surface area contributed by atoms with Crippen molar-refractivity contribution < 1.29 is 19.0 Å². The molecule has 0 aromatic heterocycles. The van der Waals surface area contributed by atoms with Gasteiger partial charge in [0.25, 0.3) is 11.6 Å². The van der Waals surface area contributed by atoms with Crippen LogP contribution in [0.15, 0.2) is 54.6 Å². The summed E-state index contributed by atoms with van der Waals surface area (Å²) in [5, 5.41) is 21.1. The van der Waals surface area contributed by atoms with Crippen LogP contribution in [0.2, 0.25) is 0 Å². The molecule has 0 spiro atoms. The first-order chi connectivity index (χ1) is 17.2. The number of non-ortho nitro benzene ring substituents is 1. The van der Waals surface area contributed by atoms with Gasteiger partial charge in [-0.1, -0.05) is 50.6 Å². The van der Waals surface area contributed by atoms with Crippen molar-refractivity contribution in [2.75, 3.05) is 6.54 Å². The molecule has 2 aromatic rings. The van der Waals surface area contributed by atoms with E-state index >= 15 is 0 Å². The molecule has 8 nitrogen and oxygen atoms in total. The maximum atomic E-state index is 13.7. The molecule has 2 amide bonds. The van der Waals surface area contributed by atoms with Gasteiger partial charge in [-0.15, -0.1) is 0 Å². The van der Waals surface area contributed by atoms with E-state index in [1.54, 1.807) is 12.1 Å². The molecule has 1 saturated heterocycles. The van der Waals surface area contributed by atoms with Crippen LogP contribution in [0.25, 0.3) is 0 Å². The Labute approximate surface area is 212 Å². The number of carbonyl (C=O) groups is 2. The van der Waals surface area contributed by atoms with Gasteiger partial charge in [0.15, 0.2) is 6.04 Å². The summed E-state index contributed by atoms with van der Waals surface area (Å²) in [6.45, 7) is 4.89. The van der Waals surface area contributed by atoms with E-state index in [0.29, 0.717) is 38.6 Å². The van der Waals surface area contributed by atoms with Gasteiger partial charge in [-0.3, -0.25) is 14.9 Å². The first-order valence-electron chi connectivity index (χ1n) is 12.6. The van der Waals surface area contributed by atoms with E-state index in [9.17, 15) is 25.0 Å². The van der Waals surface area contributed by atoms with Crippen molar-refractivity contribution in [1.82, 2.24) is 0 Å². The number of benzene rings is 2. The lowest BCUT2D eigenvalue weighted by atomic mass is 9.69. The van der Waals surface area contributed by atoms with Crippen LogP contribution in [0, 0.1) is 27.4 Å². The minimum Gasteiger partial charge on any atom is -0.364 e. The molecule has 1 aliphatic rings. The number of nitriles is 1. The number of unbranched alkanes of at least 4 members (excludes halogenated alkanes) is 1. The van der Waals surface area contributed by atoms with Gasteiger partial charge in [-0.05, 0) is 36.5 Å². The molecule has 0 radical (unpaired) electrons. The van der Waals surface area contributed by atoms with E-state index in [-0.39, 0.29) is 35.0 Å². The van der Waals surface area contributed by atoms with Crippen LogP contribution in [0.4, 0.5) is 5.69 Å². The number of rotatable bonds is 11. The molecular weight excluding hydrogens is 456 g/mol. The van der Waals surface area contributed by atoms with Gasteiger partial charge < -0.3 is 5.73 Å². The summed E-state index contributed by atoms with van der Waals surface area (Å²) < 4.78 is -0.0423. The molecule has 1 aliphatic heterocycles. The Balaban J connectivity index is 1.74. The fourth-order valence-electron chi connectivity index (χ4n) is 5.63. The number of hydrogen-bond donors (Lipinski definition) is 1. The van der Waals surface area contributed by atoms with Gasteiger partial charge in [0, 0.05) is 30.5 Å². The second kappa shape index (κ2) is 11.4. The van der Waals surface area contributed by atoms with Crippen LogP contribution in [0.5, 0.6) is 0 Å². The lowest BCUT2D eigenvalue weighted by Crippen LogP contribution is -2.59. The first kappa shape index (κ1) is 27.0. The van der Waals surface area contributed by atoms with Crippen molar-refractivity contribution in [3.8, 4) is 6.07 Å². The summed E-state index contributed by atoms with van der Waals surface area (Å²) in [6.07, 6.45) is 3.49. The average molecular weight is 492 g/mol. The zero-order valence-corrected chi connectivity index (χ0v) is 21.1. The number of nitro benzene ring substituents is 1. The standard InChI is InChI=1S/C28H34N4O4/c1-21(2)28(20-29,23-9-4-3-5-10-23)17-7-6-12-26(33)32(18-8-11-25(32)27(30)34)19-22-13-15-24(16-14-22)31(35)36/h3-5,9-10,13-16,21,25H,6-8,11-12,17-19H2,1-2H3,(H-,30,34)/p+1/t25?,28-,32+/m0/s1. The number of likely N-dealkylation sites (tertiary alicyclic amines) is 1. The van der Waals surface area contributed by atoms with Gasteiger partial charge in [0.2, 0.25) is 0 Å². The van der Waals surface area contributed by atoms with Crippen LogP contribution in [-0.4, -0.2) is 33.8 Å². The molecule has 2 N–H and O–H groups in total. The van der Waals surface area contributed by atoms with Crippen LogP contribution < -0.4 is 5.73 Å². The molecule has 190 valence electrons. The largest absolute Gasteiger partial charge is 0.364 e. The highest BCUT2D eigenvalue weighted by molar-refractivity contribution is 5.82. The number of nitrogens with zero attached hydrogens (tertiary/aromatic N) is 3. The summed E-state index contributed by atoms with van der Waals surface area (Å²) >= 11 is 0. The Morgan fingerprint density at radius 3 is 2.39 bits per heavy atom. The lowest BCUT2D eigenvalue weighted by Gasteiger charge is -2.36. The van der Waals surface area contributed by atoms with Gasteiger partial charge in [-0.2, -0.15) is 5.26 Å². The number of nitrogens with two attached hydrogens (primary N) is 1. The molecule has 1 unspecified atom stereocenters. The predicted molar refractivity (Wildman–Crippen MR) is 136 cm³/mol. The smallest absolute Gasteiger partial charge is 0.314 e. The zero-order chi connectivity index (χ0) is 26.3. The second-order valence-corrected chi connectivity index (χ2v) is 10.1. The van der Waals surface area contributed by atoms with Crippen molar-refractivity contribution in [2.24, 2.45) is 11.7 Å². The number of quaternary nitrogens is 1. The quantitative estimate of drug-likeness (QED) is 0.210. The van der Waals surface area contributed by atoms with Crippen molar-refractivity contribution in [2.45, 2.75) is 70.4 Å². The Morgan fingerprint density at radius 1 is 1.17 bits per heavy atom. The summed E-state index contributed by atoms with van der Waals surface area (Å²) in [5.74, 6) is -0.421. The van der Waals surface area contributed by atoms with E-state index in [0.717, 1.165) is 11.1 Å². The normalized spacial score (nSPS) is 21.0. The molecule has 3 atom stereocenters. The predicted octanol–water partition coefficient (Wildman–Crippen LogP) is 4.76. The zero-order valence-electron chi connectivity index (χ0n) is 21.1. The Kier molecular flexibility index (Phi) is 8.59. The van der Waals surface area contributed by atoms with Gasteiger partial charge >= 0.3 is 5.91 Å². The Hall–Kier alpha value is -3.57. The van der Waals surface area contributed by atoms with E-state index in [2.05, 4.69) is 6.07 Å². The number of hydrogen-bond acceptors (Lipinski definition) is 5. The molecule has 0 aliphatic carbocycles. The molecule has 0 bridgehead atoms. The minimum absolute atomic E-state index is 0.0194. The van der Waals surface area contributed by atoms with Gasteiger partial charge in [-0.25, -0.2) is 9.28 Å². The summed E-state index contributed by atoms with van der Waals surface area (Å²) in [5.41, 5.74) is 6.83. The number of carbonyl (C=O) groups excluding carboxylic acids is 2. The maximum absolute atomic E-state index is 13.7. The molecule has 8 heteroatoms. The minimum atomic E-state index is -0.626. The number of amides is 2. The number of nitro groups is 1. The number of primary amides is 1. The van der Waals surface area contributed by atoms with E-state index < -0.39 is 22.3 Å².